The highest BCUT2D eigenvalue weighted by atomic mass is 35.5. The molecule has 1 aromatic carbocycles. The summed E-state index contributed by atoms with van der Waals surface area (Å²) in [5.41, 5.74) is 0. The first kappa shape index (κ1) is 10.2. The summed E-state index contributed by atoms with van der Waals surface area (Å²) < 4.78 is 3.67. The van der Waals surface area contributed by atoms with Crippen LogP contribution in [0.4, 0.5) is 0 Å². The Kier molecular flexibility index (Phi) is 3.07. The van der Waals surface area contributed by atoms with Crippen molar-refractivity contribution in [3.05, 3.63) is 36.9 Å². The summed E-state index contributed by atoms with van der Waals surface area (Å²) >= 11 is 11.3. The second kappa shape index (κ2) is 3.90. The molecule has 2 nitrogen and oxygen atoms in total. The van der Waals surface area contributed by atoms with Crippen molar-refractivity contribution in [2.75, 3.05) is 0 Å². The van der Waals surface area contributed by atoms with Crippen LogP contribution in [0.2, 0.25) is 0 Å². The zero-order chi connectivity index (χ0) is 9.90. The molecule has 0 saturated carbocycles. The van der Waals surface area contributed by atoms with Gasteiger partial charge in [-0.25, -0.2) is 0 Å². The van der Waals surface area contributed by atoms with Gasteiger partial charge in [0, 0.05) is 0 Å². The van der Waals surface area contributed by atoms with Gasteiger partial charge in [-0.3, -0.25) is 0 Å². The molecular weight excluding hydrogens is 211 g/mol. The smallest absolute Gasteiger partial charge is 0.277 e. The Hall–Kier alpha value is -0.860. The summed E-state index contributed by atoms with van der Waals surface area (Å²) in [6.07, 6.45) is 1.27. The van der Waals surface area contributed by atoms with Crippen LogP contribution in [0.15, 0.2) is 36.9 Å². The first-order chi connectivity index (χ1) is 6.03. The fraction of sp³-hybridized carbons (Fsp3) is 0.111. The van der Waals surface area contributed by atoms with Crippen LogP contribution in [-0.2, 0) is 0 Å². The molecule has 0 heterocycles. The highest BCUT2D eigenvalue weighted by molar-refractivity contribution is 6.48. The first-order valence-corrected chi connectivity index (χ1v) is 4.28. The molecule has 70 valence electrons. The Morgan fingerprint density at radius 3 is 2.31 bits per heavy atom. The van der Waals surface area contributed by atoms with Crippen LogP contribution < -0.4 is 4.74 Å². The van der Waals surface area contributed by atoms with Gasteiger partial charge in [-0.1, -0.05) is 29.8 Å². The number of hydrogen-bond acceptors (Lipinski definition) is 2. The van der Waals surface area contributed by atoms with Crippen LogP contribution in [0, 0.1) is 0 Å². The van der Waals surface area contributed by atoms with Crippen molar-refractivity contribution in [2.24, 2.45) is 0 Å². The summed E-state index contributed by atoms with van der Waals surface area (Å²) in [6.45, 7) is 3.41. The van der Waals surface area contributed by atoms with Crippen molar-refractivity contribution < 1.29 is 9.84 Å². The van der Waals surface area contributed by atoms with E-state index < -0.39 is 4.52 Å². The average Bonchev–Trinajstić information content (AvgIpc) is 2.09. The molecule has 0 bridgehead atoms. The minimum Gasteiger partial charge on any atom is -0.508 e. The molecule has 0 radical (unpaired) electrons. The summed E-state index contributed by atoms with van der Waals surface area (Å²) in [5.74, 6) is 0.614. The first-order valence-electron chi connectivity index (χ1n) is 3.53. The molecule has 0 saturated heterocycles. The number of rotatable bonds is 3. The van der Waals surface area contributed by atoms with Crippen LogP contribution >= 0.6 is 23.2 Å². The lowest BCUT2D eigenvalue weighted by atomic mass is 10.3. The van der Waals surface area contributed by atoms with Gasteiger partial charge < -0.3 is 9.84 Å². The Balaban J connectivity index is 2.75. The third kappa shape index (κ3) is 3.17. The monoisotopic (exact) mass is 218 g/mol. The Bertz CT molecular complexity index is 293. The molecule has 13 heavy (non-hydrogen) atoms. The number of phenolic OH excluding ortho intramolecular Hbond substituents is 1. The second-order valence-electron chi connectivity index (χ2n) is 2.36. The molecule has 0 atom stereocenters. The van der Waals surface area contributed by atoms with Gasteiger partial charge in [0.1, 0.15) is 11.5 Å². The molecule has 0 aliphatic rings. The van der Waals surface area contributed by atoms with Crippen molar-refractivity contribution in [3.63, 3.8) is 0 Å². The Morgan fingerprint density at radius 1 is 1.31 bits per heavy atom. The Morgan fingerprint density at radius 2 is 1.85 bits per heavy atom. The van der Waals surface area contributed by atoms with Crippen molar-refractivity contribution in [1.29, 1.82) is 0 Å². The van der Waals surface area contributed by atoms with E-state index in [1.54, 1.807) is 12.1 Å². The number of hydrogen-bond donors (Lipinski definition) is 1. The van der Waals surface area contributed by atoms with E-state index in [9.17, 15) is 0 Å². The van der Waals surface area contributed by atoms with E-state index in [0.29, 0.717) is 5.75 Å². The standard InChI is InChI=1S/C9H8Cl2O2/c1-2-9(10,11)13-8-5-3-7(12)4-6-8/h2-6,12H,1H2. The predicted octanol–water partition coefficient (Wildman–Crippen LogP) is 3.09. The summed E-state index contributed by atoms with van der Waals surface area (Å²) in [4.78, 5) is 0. The molecule has 1 rings (SSSR count). The fourth-order valence-corrected chi connectivity index (χ4v) is 0.891. The summed E-state index contributed by atoms with van der Waals surface area (Å²) in [6, 6.07) is 6.06. The van der Waals surface area contributed by atoms with Crippen LogP contribution in [0.5, 0.6) is 11.5 Å². The number of phenols is 1. The molecule has 0 aromatic heterocycles. The molecule has 0 fully saturated rings. The third-order valence-corrected chi connectivity index (χ3v) is 1.79. The normalized spacial score (nSPS) is 10.9. The van der Waals surface area contributed by atoms with Gasteiger partial charge in [0.05, 0.1) is 0 Å². The molecular formula is C9H8Cl2O2. The molecule has 0 aliphatic heterocycles. The van der Waals surface area contributed by atoms with Crippen molar-refractivity contribution in [2.45, 2.75) is 4.52 Å². The average molecular weight is 219 g/mol. The minimum absolute atomic E-state index is 0.153. The molecule has 4 heteroatoms. The zero-order valence-corrected chi connectivity index (χ0v) is 8.22. The van der Waals surface area contributed by atoms with Gasteiger partial charge in [-0.2, -0.15) is 0 Å². The number of ether oxygens (including phenoxy) is 1. The maximum Gasteiger partial charge on any atom is 0.277 e. The van der Waals surface area contributed by atoms with Gasteiger partial charge >= 0.3 is 0 Å². The van der Waals surface area contributed by atoms with Gasteiger partial charge in [0.2, 0.25) is 0 Å². The lowest BCUT2D eigenvalue weighted by Gasteiger charge is -2.16. The third-order valence-electron chi connectivity index (χ3n) is 1.33. The van der Waals surface area contributed by atoms with Crippen LogP contribution in [-0.4, -0.2) is 9.63 Å². The summed E-state index contributed by atoms with van der Waals surface area (Å²) in [5, 5.41) is 8.97. The van der Waals surface area contributed by atoms with E-state index in [0.717, 1.165) is 0 Å². The predicted molar refractivity (Wildman–Crippen MR) is 53.4 cm³/mol. The maximum absolute atomic E-state index is 8.97. The van der Waals surface area contributed by atoms with Crippen LogP contribution in [0.25, 0.3) is 0 Å². The van der Waals surface area contributed by atoms with Gasteiger partial charge in [0.15, 0.2) is 0 Å². The maximum atomic E-state index is 8.97. The van der Waals surface area contributed by atoms with E-state index in [-0.39, 0.29) is 5.75 Å². The number of halogens is 2. The van der Waals surface area contributed by atoms with Crippen LogP contribution in [0.3, 0.4) is 0 Å². The van der Waals surface area contributed by atoms with Crippen molar-refractivity contribution in [1.82, 2.24) is 0 Å². The highest BCUT2D eigenvalue weighted by Crippen LogP contribution is 2.27. The van der Waals surface area contributed by atoms with Crippen molar-refractivity contribution >= 4 is 23.2 Å². The largest absolute Gasteiger partial charge is 0.508 e. The van der Waals surface area contributed by atoms with Crippen LogP contribution in [0.1, 0.15) is 0 Å². The van der Waals surface area contributed by atoms with E-state index in [1.807, 2.05) is 0 Å². The molecule has 0 unspecified atom stereocenters. The topological polar surface area (TPSA) is 29.5 Å². The number of benzene rings is 1. The SMILES string of the molecule is C=CC(Cl)(Cl)Oc1ccc(O)cc1. The van der Waals surface area contributed by atoms with Gasteiger partial charge in [0.25, 0.3) is 4.52 Å². The van der Waals surface area contributed by atoms with E-state index >= 15 is 0 Å². The quantitative estimate of drug-likeness (QED) is 0.625. The fourth-order valence-electron chi connectivity index (χ4n) is 0.713. The van der Waals surface area contributed by atoms with E-state index in [2.05, 4.69) is 6.58 Å². The molecule has 0 amide bonds. The van der Waals surface area contributed by atoms with Gasteiger partial charge in [-0.15, -0.1) is 0 Å². The molecule has 0 spiro atoms. The van der Waals surface area contributed by atoms with E-state index in [1.165, 1.54) is 18.2 Å². The summed E-state index contributed by atoms with van der Waals surface area (Å²) in [7, 11) is 0. The van der Waals surface area contributed by atoms with E-state index in [4.69, 9.17) is 33.0 Å². The van der Waals surface area contributed by atoms with Crippen molar-refractivity contribution in [3.8, 4) is 11.5 Å². The molecule has 0 aliphatic carbocycles. The highest BCUT2D eigenvalue weighted by Gasteiger charge is 2.20. The number of aromatic hydroxyl groups is 1. The second-order valence-corrected chi connectivity index (χ2v) is 3.68. The lowest BCUT2D eigenvalue weighted by molar-refractivity contribution is 0.289. The lowest BCUT2D eigenvalue weighted by Crippen LogP contribution is -2.17. The zero-order valence-electron chi connectivity index (χ0n) is 6.71. The molecule has 1 aromatic rings. The number of alkyl halides is 2. The Labute approximate surface area is 86.4 Å². The molecule has 1 N–H and O–H groups in total. The van der Waals surface area contributed by atoms with Gasteiger partial charge in [-0.05, 0) is 30.3 Å². The minimum atomic E-state index is -1.43.